The first kappa shape index (κ1) is 16.7. The Morgan fingerprint density at radius 3 is 2.25 bits per heavy atom. The largest absolute Gasteiger partial charge is 0.573 e. The third-order valence-corrected chi connectivity index (χ3v) is 3.72. The lowest BCUT2D eigenvalue weighted by atomic mass is 10.3. The topological polar surface area (TPSA) is 75.6 Å². The molecule has 0 saturated heterocycles. The van der Waals surface area contributed by atoms with E-state index in [1.165, 1.54) is 0 Å². The van der Waals surface area contributed by atoms with E-state index in [2.05, 4.69) is 9.46 Å². The van der Waals surface area contributed by atoms with E-state index in [0.29, 0.717) is 12.8 Å². The lowest BCUT2D eigenvalue weighted by Gasteiger charge is -2.10. The molecule has 0 aliphatic rings. The summed E-state index contributed by atoms with van der Waals surface area (Å²) < 4.78 is 65.3. The lowest BCUT2D eigenvalue weighted by Crippen LogP contribution is -2.25. The molecule has 0 saturated carbocycles. The molecule has 0 fully saturated rings. The number of nitrogens with one attached hydrogen (secondary N) is 1. The van der Waals surface area contributed by atoms with Gasteiger partial charge >= 0.3 is 6.36 Å². The highest BCUT2D eigenvalue weighted by molar-refractivity contribution is 7.89. The first-order valence-electron chi connectivity index (χ1n) is 5.71. The lowest BCUT2D eigenvalue weighted by molar-refractivity contribution is -0.274. The van der Waals surface area contributed by atoms with Gasteiger partial charge in [-0.15, -0.1) is 13.2 Å². The van der Waals surface area contributed by atoms with Crippen molar-refractivity contribution in [1.82, 2.24) is 4.72 Å². The molecule has 20 heavy (non-hydrogen) atoms. The Morgan fingerprint density at radius 1 is 1.15 bits per heavy atom. The van der Waals surface area contributed by atoms with Crippen molar-refractivity contribution in [2.75, 3.05) is 13.2 Å². The van der Waals surface area contributed by atoms with Crippen molar-refractivity contribution in [2.24, 2.45) is 0 Å². The first-order chi connectivity index (χ1) is 9.24. The molecule has 0 amide bonds. The predicted molar refractivity (Wildman–Crippen MR) is 64.6 cm³/mol. The van der Waals surface area contributed by atoms with Gasteiger partial charge < -0.3 is 9.84 Å². The molecule has 9 heteroatoms. The van der Waals surface area contributed by atoms with Crippen LogP contribution in [0.5, 0.6) is 5.75 Å². The molecule has 0 aliphatic heterocycles. The van der Waals surface area contributed by atoms with Gasteiger partial charge in [-0.25, -0.2) is 13.1 Å². The fourth-order valence-electron chi connectivity index (χ4n) is 1.35. The summed E-state index contributed by atoms with van der Waals surface area (Å²) in [6, 6.07) is 3.90. The van der Waals surface area contributed by atoms with Gasteiger partial charge in [0.25, 0.3) is 0 Å². The second-order valence-electron chi connectivity index (χ2n) is 3.85. The highest BCUT2D eigenvalue weighted by Crippen LogP contribution is 2.23. The molecule has 0 aliphatic carbocycles. The average Bonchev–Trinajstić information content (AvgIpc) is 2.33. The van der Waals surface area contributed by atoms with Crippen molar-refractivity contribution in [3.63, 3.8) is 0 Å². The predicted octanol–water partition coefficient (Wildman–Crippen LogP) is 1.64. The van der Waals surface area contributed by atoms with Gasteiger partial charge in [0.05, 0.1) is 4.90 Å². The van der Waals surface area contributed by atoms with E-state index in [0.717, 1.165) is 24.3 Å². The molecule has 0 radical (unpaired) electrons. The Kier molecular flexibility index (Phi) is 5.78. The SMILES string of the molecule is O=S(=O)(NCCCCO)c1ccc(OC(F)(F)F)cc1. The fourth-order valence-corrected chi connectivity index (χ4v) is 2.42. The Hall–Kier alpha value is -1.32. The fraction of sp³-hybridized carbons (Fsp3) is 0.455. The van der Waals surface area contributed by atoms with Gasteiger partial charge in [0.15, 0.2) is 0 Å². The number of unbranched alkanes of at least 4 members (excludes halogenated alkanes) is 1. The number of benzene rings is 1. The molecule has 1 rings (SSSR count). The van der Waals surface area contributed by atoms with E-state index in [1.807, 2.05) is 0 Å². The number of sulfonamides is 1. The van der Waals surface area contributed by atoms with Crippen LogP contribution in [0, 0.1) is 0 Å². The van der Waals surface area contributed by atoms with E-state index in [-0.39, 0.29) is 18.0 Å². The average molecular weight is 313 g/mol. The molecule has 1 aromatic carbocycles. The maximum atomic E-state index is 11.9. The number of ether oxygens (including phenoxy) is 1. The molecule has 0 bridgehead atoms. The van der Waals surface area contributed by atoms with E-state index >= 15 is 0 Å². The standard InChI is InChI=1S/C11H14F3NO4S/c12-11(13,14)19-9-3-5-10(6-4-9)20(17,18)15-7-1-2-8-16/h3-6,15-16H,1-2,7-8H2. The maximum Gasteiger partial charge on any atom is 0.573 e. The van der Waals surface area contributed by atoms with Crippen molar-refractivity contribution in [1.29, 1.82) is 0 Å². The van der Waals surface area contributed by atoms with E-state index in [9.17, 15) is 21.6 Å². The molecule has 114 valence electrons. The van der Waals surface area contributed by atoms with Gasteiger partial charge in [-0.05, 0) is 37.1 Å². The Morgan fingerprint density at radius 2 is 1.75 bits per heavy atom. The number of alkyl halides is 3. The van der Waals surface area contributed by atoms with Crippen LogP contribution in [0.4, 0.5) is 13.2 Å². The summed E-state index contributed by atoms with van der Waals surface area (Å²) in [4.78, 5) is -0.156. The van der Waals surface area contributed by atoms with Gasteiger partial charge in [0, 0.05) is 13.2 Å². The summed E-state index contributed by atoms with van der Waals surface area (Å²) in [7, 11) is -3.77. The molecule has 1 aromatic rings. The van der Waals surface area contributed by atoms with Gasteiger partial charge in [-0.1, -0.05) is 0 Å². The molecule has 2 N–H and O–H groups in total. The third kappa shape index (κ3) is 5.76. The van der Waals surface area contributed by atoms with Gasteiger partial charge in [-0.2, -0.15) is 0 Å². The summed E-state index contributed by atoms with van der Waals surface area (Å²) >= 11 is 0. The summed E-state index contributed by atoms with van der Waals surface area (Å²) in [6.07, 6.45) is -3.89. The molecular formula is C11H14F3NO4S. The molecule has 0 atom stereocenters. The van der Waals surface area contributed by atoms with Crippen LogP contribution in [0.2, 0.25) is 0 Å². The Labute approximate surface area is 114 Å². The molecule has 0 unspecified atom stereocenters. The van der Waals surface area contributed by atoms with Crippen LogP contribution in [0.3, 0.4) is 0 Å². The second kappa shape index (κ2) is 6.91. The minimum absolute atomic E-state index is 0.0365. The molecule has 0 aromatic heterocycles. The van der Waals surface area contributed by atoms with Crippen molar-refractivity contribution in [2.45, 2.75) is 24.1 Å². The van der Waals surface area contributed by atoms with E-state index in [1.54, 1.807) is 0 Å². The number of aliphatic hydroxyl groups is 1. The number of hydrogen-bond donors (Lipinski definition) is 2. The summed E-state index contributed by atoms with van der Waals surface area (Å²) in [5.41, 5.74) is 0. The van der Waals surface area contributed by atoms with Crippen LogP contribution in [0.1, 0.15) is 12.8 Å². The Bertz CT molecular complexity index is 513. The smallest absolute Gasteiger partial charge is 0.406 e. The summed E-state index contributed by atoms with van der Waals surface area (Å²) in [5, 5.41) is 8.55. The minimum Gasteiger partial charge on any atom is -0.406 e. The number of aliphatic hydroxyl groups excluding tert-OH is 1. The third-order valence-electron chi connectivity index (χ3n) is 2.24. The van der Waals surface area contributed by atoms with Gasteiger partial charge in [0.2, 0.25) is 10.0 Å². The van der Waals surface area contributed by atoms with Crippen molar-refractivity contribution in [3.05, 3.63) is 24.3 Å². The zero-order chi connectivity index (χ0) is 15.2. The van der Waals surface area contributed by atoms with Crippen molar-refractivity contribution >= 4 is 10.0 Å². The van der Waals surface area contributed by atoms with Crippen LogP contribution >= 0.6 is 0 Å². The highest BCUT2D eigenvalue weighted by Gasteiger charge is 2.31. The van der Waals surface area contributed by atoms with E-state index < -0.39 is 22.1 Å². The summed E-state index contributed by atoms with van der Waals surface area (Å²) in [5.74, 6) is -0.489. The van der Waals surface area contributed by atoms with Crippen LogP contribution in [-0.4, -0.2) is 33.0 Å². The van der Waals surface area contributed by atoms with Crippen LogP contribution in [0.25, 0.3) is 0 Å². The van der Waals surface area contributed by atoms with Crippen molar-refractivity contribution < 1.29 is 31.4 Å². The zero-order valence-corrected chi connectivity index (χ0v) is 11.2. The minimum atomic E-state index is -4.82. The highest BCUT2D eigenvalue weighted by atomic mass is 32.2. The first-order valence-corrected chi connectivity index (χ1v) is 7.19. The molecular weight excluding hydrogens is 299 g/mol. The van der Waals surface area contributed by atoms with Crippen molar-refractivity contribution in [3.8, 4) is 5.75 Å². The molecule has 5 nitrogen and oxygen atoms in total. The van der Waals surface area contributed by atoms with Crippen LogP contribution in [-0.2, 0) is 10.0 Å². The van der Waals surface area contributed by atoms with Crippen LogP contribution in [0.15, 0.2) is 29.2 Å². The summed E-state index contributed by atoms with van der Waals surface area (Å²) in [6.45, 7) is 0.106. The second-order valence-corrected chi connectivity index (χ2v) is 5.61. The number of rotatable bonds is 7. The maximum absolute atomic E-state index is 11.9. The zero-order valence-electron chi connectivity index (χ0n) is 10.4. The van der Waals surface area contributed by atoms with E-state index in [4.69, 9.17) is 5.11 Å². The monoisotopic (exact) mass is 313 g/mol. The Balaban J connectivity index is 2.67. The molecule has 0 heterocycles. The normalized spacial score (nSPS) is 12.4. The quantitative estimate of drug-likeness (QED) is 0.750. The number of halogens is 3. The van der Waals surface area contributed by atoms with Crippen LogP contribution < -0.4 is 9.46 Å². The molecule has 0 spiro atoms. The number of hydrogen-bond acceptors (Lipinski definition) is 4. The van der Waals surface area contributed by atoms with Gasteiger partial charge in [0.1, 0.15) is 5.75 Å². The van der Waals surface area contributed by atoms with Gasteiger partial charge in [-0.3, -0.25) is 0 Å².